The van der Waals surface area contributed by atoms with E-state index in [1.807, 2.05) is 74.1 Å². The molecule has 0 atom stereocenters. The van der Waals surface area contributed by atoms with E-state index < -0.39 is 11.8 Å². The molecule has 1 aromatic heterocycles. The van der Waals surface area contributed by atoms with Gasteiger partial charge in [0.15, 0.2) is 5.11 Å². The third kappa shape index (κ3) is 3.01. The maximum atomic E-state index is 13.2. The summed E-state index contributed by atoms with van der Waals surface area (Å²) in [6, 6.07) is 13.6. The van der Waals surface area contributed by atoms with Crippen LogP contribution in [0.4, 0.5) is 5.69 Å². The van der Waals surface area contributed by atoms with Crippen LogP contribution in [0, 0.1) is 13.8 Å². The Kier molecular flexibility index (Phi) is 4.35. The van der Waals surface area contributed by atoms with Crippen molar-refractivity contribution in [2.24, 2.45) is 7.05 Å². The number of carbonyl (C=O) groups excluding carboxylic acids is 2. The molecule has 2 heterocycles. The summed E-state index contributed by atoms with van der Waals surface area (Å²) in [5, 5.41) is 3.71. The molecule has 0 aliphatic carbocycles. The van der Waals surface area contributed by atoms with Gasteiger partial charge in [-0.05, 0) is 61.5 Å². The lowest BCUT2D eigenvalue weighted by atomic mass is 10.1. The van der Waals surface area contributed by atoms with E-state index in [0.29, 0.717) is 5.69 Å². The van der Waals surface area contributed by atoms with Gasteiger partial charge in [-0.25, -0.2) is 0 Å². The summed E-state index contributed by atoms with van der Waals surface area (Å²) in [5.41, 5.74) is 4.58. The lowest BCUT2D eigenvalue weighted by Gasteiger charge is -2.29. The van der Waals surface area contributed by atoms with Gasteiger partial charge in [0.1, 0.15) is 5.57 Å². The van der Waals surface area contributed by atoms with E-state index in [1.165, 1.54) is 4.90 Å². The van der Waals surface area contributed by atoms with Gasteiger partial charge >= 0.3 is 0 Å². The first-order chi connectivity index (χ1) is 13.3. The molecule has 140 valence electrons. The largest absolute Gasteiger partial charge is 0.350 e. The number of aromatic nitrogens is 1. The number of hydrogen-bond acceptors (Lipinski definition) is 3. The van der Waals surface area contributed by atoms with Crippen LogP contribution in [0.3, 0.4) is 0 Å². The summed E-state index contributed by atoms with van der Waals surface area (Å²) < 4.78 is 1.97. The summed E-state index contributed by atoms with van der Waals surface area (Å²) in [6.07, 6.45) is 3.55. The number of thiocarbonyl (C=S) groups is 1. The lowest BCUT2D eigenvalue weighted by Crippen LogP contribution is -2.54. The summed E-state index contributed by atoms with van der Waals surface area (Å²) in [6.45, 7) is 3.92. The van der Waals surface area contributed by atoms with Gasteiger partial charge in [-0.2, -0.15) is 0 Å². The van der Waals surface area contributed by atoms with Crippen LogP contribution in [0.5, 0.6) is 0 Å². The molecule has 1 aliphatic heterocycles. The molecular weight excluding hydrogens is 370 g/mol. The van der Waals surface area contributed by atoms with Crippen LogP contribution < -0.4 is 10.2 Å². The Morgan fingerprint density at radius 3 is 2.43 bits per heavy atom. The maximum absolute atomic E-state index is 13.2. The molecular formula is C22H19N3O2S. The zero-order valence-electron chi connectivity index (χ0n) is 15.8. The van der Waals surface area contributed by atoms with Crippen LogP contribution in [-0.4, -0.2) is 21.5 Å². The Morgan fingerprint density at radius 2 is 1.71 bits per heavy atom. The molecule has 3 aromatic rings. The van der Waals surface area contributed by atoms with E-state index >= 15 is 0 Å². The number of rotatable bonds is 2. The van der Waals surface area contributed by atoms with Crippen molar-refractivity contribution >= 4 is 51.8 Å². The SMILES string of the molecule is Cc1cc(C)cc(N2C(=O)/C(=C/c3cn(C)c4ccccc34)C(=O)NC2=S)c1. The predicted octanol–water partition coefficient (Wildman–Crippen LogP) is 3.63. The first-order valence-corrected chi connectivity index (χ1v) is 9.30. The van der Waals surface area contributed by atoms with Crippen LogP contribution in [0.2, 0.25) is 0 Å². The Hall–Kier alpha value is -3.25. The zero-order chi connectivity index (χ0) is 20.0. The molecule has 0 spiro atoms. The topological polar surface area (TPSA) is 54.3 Å². The molecule has 0 saturated carbocycles. The fraction of sp³-hybridized carbons (Fsp3) is 0.136. The number of benzene rings is 2. The zero-order valence-corrected chi connectivity index (χ0v) is 16.6. The lowest BCUT2D eigenvalue weighted by molar-refractivity contribution is -0.122. The molecule has 2 amide bonds. The molecule has 4 rings (SSSR count). The van der Waals surface area contributed by atoms with Crippen molar-refractivity contribution in [1.82, 2.24) is 9.88 Å². The van der Waals surface area contributed by atoms with Crippen LogP contribution in [-0.2, 0) is 16.6 Å². The fourth-order valence-corrected chi connectivity index (χ4v) is 3.90. The third-order valence-corrected chi connectivity index (χ3v) is 5.08. The van der Waals surface area contributed by atoms with E-state index in [9.17, 15) is 9.59 Å². The highest BCUT2D eigenvalue weighted by atomic mass is 32.1. The average molecular weight is 389 g/mol. The Labute approximate surface area is 168 Å². The third-order valence-electron chi connectivity index (χ3n) is 4.79. The number of hydrogen-bond donors (Lipinski definition) is 1. The van der Waals surface area contributed by atoms with Gasteiger partial charge in [0.2, 0.25) is 0 Å². The maximum Gasteiger partial charge on any atom is 0.270 e. The number of fused-ring (bicyclic) bond motifs is 1. The number of anilines is 1. The molecule has 1 N–H and O–H groups in total. The number of carbonyl (C=O) groups is 2. The highest BCUT2D eigenvalue weighted by molar-refractivity contribution is 7.80. The van der Waals surface area contributed by atoms with E-state index in [0.717, 1.165) is 27.6 Å². The molecule has 0 radical (unpaired) electrons. The minimum absolute atomic E-state index is 0.0594. The van der Waals surface area contributed by atoms with Crippen molar-refractivity contribution < 1.29 is 9.59 Å². The van der Waals surface area contributed by atoms with Crippen LogP contribution >= 0.6 is 12.2 Å². The van der Waals surface area contributed by atoms with Crippen LogP contribution in [0.1, 0.15) is 16.7 Å². The minimum Gasteiger partial charge on any atom is -0.350 e. The molecule has 28 heavy (non-hydrogen) atoms. The average Bonchev–Trinajstić information content (AvgIpc) is 2.94. The van der Waals surface area contributed by atoms with Gasteiger partial charge in [-0.1, -0.05) is 24.3 Å². The van der Waals surface area contributed by atoms with Gasteiger partial charge in [-0.3, -0.25) is 19.8 Å². The number of aryl methyl sites for hydroxylation is 3. The quantitative estimate of drug-likeness (QED) is 0.414. The van der Waals surface area contributed by atoms with E-state index in [-0.39, 0.29) is 10.7 Å². The normalized spacial score (nSPS) is 16.2. The van der Waals surface area contributed by atoms with Crippen molar-refractivity contribution in [2.45, 2.75) is 13.8 Å². The molecule has 0 bridgehead atoms. The molecule has 5 nitrogen and oxygen atoms in total. The minimum atomic E-state index is -0.483. The Bertz CT molecular complexity index is 1170. The molecule has 1 aliphatic rings. The molecule has 0 unspecified atom stereocenters. The first kappa shape index (κ1) is 18.1. The first-order valence-electron chi connectivity index (χ1n) is 8.89. The summed E-state index contributed by atoms with van der Waals surface area (Å²) >= 11 is 5.29. The Morgan fingerprint density at radius 1 is 1.04 bits per heavy atom. The number of nitrogens with one attached hydrogen (secondary N) is 1. The molecule has 1 saturated heterocycles. The number of nitrogens with zero attached hydrogens (tertiary/aromatic N) is 2. The van der Waals surface area contributed by atoms with E-state index in [2.05, 4.69) is 5.32 Å². The van der Waals surface area contributed by atoms with Crippen molar-refractivity contribution in [3.05, 3.63) is 70.9 Å². The van der Waals surface area contributed by atoms with Gasteiger partial charge < -0.3 is 4.57 Å². The van der Waals surface area contributed by atoms with E-state index in [4.69, 9.17) is 12.2 Å². The second-order valence-corrected chi connectivity index (χ2v) is 7.40. The van der Waals surface area contributed by atoms with Gasteiger partial charge in [-0.15, -0.1) is 0 Å². The monoisotopic (exact) mass is 389 g/mol. The van der Waals surface area contributed by atoms with Crippen molar-refractivity contribution in [3.63, 3.8) is 0 Å². The van der Waals surface area contributed by atoms with Gasteiger partial charge in [0.05, 0.1) is 5.69 Å². The standard InChI is InChI=1S/C22H19N3O2S/c1-13-8-14(2)10-16(9-13)25-21(27)18(20(26)23-22(25)28)11-15-12-24(3)19-7-5-4-6-17(15)19/h4-12H,1-3H3,(H,23,26,28)/b18-11+. The van der Waals surface area contributed by atoms with E-state index in [1.54, 1.807) is 6.08 Å². The summed E-state index contributed by atoms with van der Waals surface area (Å²) in [5.74, 6) is -0.907. The smallest absolute Gasteiger partial charge is 0.270 e. The highest BCUT2D eigenvalue weighted by Gasteiger charge is 2.34. The molecule has 6 heteroatoms. The number of amides is 2. The number of para-hydroxylation sites is 1. The molecule has 1 fully saturated rings. The summed E-state index contributed by atoms with van der Waals surface area (Å²) in [7, 11) is 1.93. The summed E-state index contributed by atoms with van der Waals surface area (Å²) in [4.78, 5) is 27.2. The second kappa shape index (κ2) is 6.73. The second-order valence-electron chi connectivity index (χ2n) is 7.02. The predicted molar refractivity (Wildman–Crippen MR) is 115 cm³/mol. The van der Waals surface area contributed by atoms with Crippen molar-refractivity contribution in [1.29, 1.82) is 0 Å². The highest BCUT2D eigenvalue weighted by Crippen LogP contribution is 2.27. The van der Waals surface area contributed by atoms with Crippen LogP contribution in [0.25, 0.3) is 17.0 Å². The van der Waals surface area contributed by atoms with Crippen molar-refractivity contribution in [3.8, 4) is 0 Å². The fourth-order valence-electron chi connectivity index (χ4n) is 3.62. The Balaban J connectivity index is 1.82. The van der Waals surface area contributed by atoms with Crippen molar-refractivity contribution in [2.75, 3.05) is 4.90 Å². The van der Waals surface area contributed by atoms with Gasteiger partial charge in [0, 0.05) is 29.7 Å². The van der Waals surface area contributed by atoms with Crippen LogP contribution in [0.15, 0.2) is 54.2 Å². The van der Waals surface area contributed by atoms with Gasteiger partial charge in [0.25, 0.3) is 11.8 Å². The molecule has 2 aromatic carbocycles.